The van der Waals surface area contributed by atoms with E-state index < -0.39 is 0 Å². The molecular formula is C18H30N2. The molecule has 1 aromatic carbocycles. The first kappa shape index (κ1) is 16.5. The zero-order chi connectivity index (χ0) is 14.8. The second kappa shape index (κ2) is 9.38. The zero-order valence-corrected chi connectivity index (χ0v) is 13.3. The molecule has 112 valence electrons. The maximum absolute atomic E-state index is 3.62. The summed E-state index contributed by atoms with van der Waals surface area (Å²) in [6.45, 7) is 10.2. The van der Waals surface area contributed by atoms with Crippen LogP contribution in [-0.4, -0.2) is 11.1 Å². The van der Waals surface area contributed by atoms with Crippen molar-refractivity contribution in [3.63, 3.8) is 0 Å². The lowest BCUT2D eigenvalue weighted by Gasteiger charge is -2.17. The monoisotopic (exact) mass is 274 g/mol. The molecule has 0 spiro atoms. The molecule has 20 heavy (non-hydrogen) atoms. The lowest BCUT2D eigenvalue weighted by atomic mass is 10.0. The minimum absolute atomic E-state index is 0. The van der Waals surface area contributed by atoms with Crippen LogP contribution in [0.1, 0.15) is 52.8 Å². The van der Waals surface area contributed by atoms with Crippen LogP contribution in [0.2, 0.25) is 0 Å². The normalized spacial score (nSPS) is 16.7. The smallest absolute Gasteiger partial charge is 0.0731 e. The number of benzene rings is 1. The highest BCUT2D eigenvalue weighted by Gasteiger charge is 2.18. The van der Waals surface area contributed by atoms with Crippen molar-refractivity contribution in [3.8, 4) is 0 Å². The van der Waals surface area contributed by atoms with Crippen molar-refractivity contribution in [2.45, 2.75) is 46.7 Å². The van der Waals surface area contributed by atoms with Crippen molar-refractivity contribution in [1.29, 1.82) is 0 Å². The van der Waals surface area contributed by atoms with Crippen LogP contribution in [0.15, 0.2) is 48.7 Å². The third-order valence-electron chi connectivity index (χ3n) is 3.22. The van der Waals surface area contributed by atoms with E-state index in [4.69, 9.17) is 0 Å². The number of fused-ring (bicyclic) bond motifs is 1. The zero-order valence-electron chi connectivity index (χ0n) is 13.3. The van der Waals surface area contributed by atoms with E-state index in [2.05, 4.69) is 58.5 Å². The molecule has 1 atom stereocenters. The van der Waals surface area contributed by atoms with Crippen LogP contribution in [0.4, 0.5) is 0 Å². The number of rotatable bonds is 1. The van der Waals surface area contributed by atoms with E-state index in [1.165, 1.54) is 17.7 Å². The van der Waals surface area contributed by atoms with Gasteiger partial charge in [0.15, 0.2) is 0 Å². The van der Waals surface area contributed by atoms with Crippen LogP contribution in [-0.2, 0) is 6.54 Å². The van der Waals surface area contributed by atoms with E-state index in [9.17, 15) is 0 Å². The van der Waals surface area contributed by atoms with Gasteiger partial charge in [-0.2, -0.15) is 0 Å². The topological polar surface area (TPSA) is 17.0 Å². The van der Waals surface area contributed by atoms with Crippen molar-refractivity contribution in [1.82, 2.24) is 9.88 Å². The van der Waals surface area contributed by atoms with Crippen LogP contribution in [0.3, 0.4) is 0 Å². The molecule has 0 aliphatic carbocycles. The van der Waals surface area contributed by atoms with Gasteiger partial charge in [0.2, 0.25) is 0 Å². The second-order valence-electron chi connectivity index (χ2n) is 4.28. The third-order valence-corrected chi connectivity index (χ3v) is 3.22. The Labute approximate surface area is 125 Å². The Bertz CT molecular complexity index is 465. The standard InChI is InChI=1S/C14H16N2.2C2H6.H2/c1-2-6-12(7-3-1)14-13-8-4-10-16(13)11-5-9-15-14;2*1-2;/h1-4,6-8,10,14-15H,5,9,11H2;2*1-2H3;1H. The summed E-state index contributed by atoms with van der Waals surface area (Å²) >= 11 is 0. The Morgan fingerprint density at radius 1 is 1.00 bits per heavy atom. The molecule has 1 aromatic heterocycles. The highest BCUT2D eigenvalue weighted by atomic mass is 15.1. The van der Waals surface area contributed by atoms with Gasteiger partial charge in [0.1, 0.15) is 0 Å². The minimum atomic E-state index is 0. The maximum atomic E-state index is 3.62. The molecular weight excluding hydrogens is 244 g/mol. The Kier molecular flexibility index (Phi) is 7.74. The summed E-state index contributed by atoms with van der Waals surface area (Å²) < 4.78 is 2.36. The average Bonchev–Trinajstić information content (AvgIpc) is 2.92. The molecule has 1 aliphatic rings. The highest BCUT2D eigenvalue weighted by molar-refractivity contribution is 5.29. The summed E-state index contributed by atoms with van der Waals surface area (Å²) in [6, 6.07) is 15.4. The molecule has 2 heteroatoms. The van der Waals surface area contributed by atoms with E-state index in [1.54, 1.807) is 0 Å². The summed E-state index contributed by atoms with van der Waals surface area (Å²) in [7, 11) is 0. The van der Waals surface area contributed by atoms with Crippen LogP contribution < -0.4 is 5.32 Å². The number of nitrogens with one attached hydrogen (secondary N) is 1. The molecule has 0 saturated carbocycles. The number of nitrogens with zero attached hydrogens (tertiary/aromatic N) is 1. The second-order valence-corrected chi connectivity index (χ2v) is 4.28. The van der Waals surface area contributed by atoms with E-state index in [-0.39, 0.29) is 1.43 Å². The van der Waals surface area contributed by atoms with Gasteiger partial charge in [-0.05, 0) is 30.7 Å². The SMILES string of the molecule is CC.CC.[HH].c1ccc(C2NCCCn3cccc32)cc1. The first-order valence-corrected chi connectivity index (χ1v) is 7.88. The van der Waals surface area contributed by atoms with Crippen LogP contribution >= 0.6 is 0 Å². The van der Waals surface area contributed by atoms with Crippen molar-refractivity contribution in [2.24, 2.45) is 0 Å². The maximum Gasteiger partial charge on any atom is 0.0731 e. The lowest BCUT2D eigenvalue weighted by Crippen LogP contribution is -2.22. The molecule has 2 aromatic rings. The predicted molar refractivity (Wildman–Crippen MR) is 90.1 cm³/mol. The highest BCUT2D eigenvalue weighted by Crippen LogP contribution is 2.24. The van der Waals surface area contributed by atoms with Crippen molar-refractivity contribution in [3.05, 3.63) is 59.9 Å². The van der Waals surface area contributed by atoms with Gasteiger partial charge in [-0.15, -0.1) is 0 Å². The average molecular weight is 274 g/mol. The molecule has 2 nitrogen and oxygen atoms in total. The van der Waals surface area contributed by atoms with Crippen LogP contribution in [0.25, 0.3) is 0 Å². The molecule has 0 amide bonds. The molecule has 0 radical (unpaired) electrons. The number of hydrogen-bond donors (Lipinski definition) is 1. The van der Waals surface area contributed by atoms with Gasteiger partial charge in [-0.3, -0.25) is 0 Å². The fourth-order valence-electron chi connectivity index (χ4n) is 2.43. The largest absolute Gasteiger partial charge is 0.350 e. The Morgan fingerprint density at radius 2 is 1.70 bits per heavy atom. The summed E-state index contributed by atoms with van der Waals surface area (Å²) in [5, 5.41) is 3.62. The van der Waals surface area contributed by atoms with E-state index in [0.29, 0.717) is 6.04 Å². The molecule has 3 rings (SSSR count). The first-order valence-electron chi connectivity index (χ1n) is 7.88. The summed E-state index contributed by atoms with van der Waals surface area (Å²) in [4.78, 5) is 0. The molecule has 1 aliphatic heterocycles. The molecule has 0 saturated heterocycles. The van der Waals surface area contributed by atoms with Crippen molar-refractivity contribution >= 4 is 0 Å². The molecule has 2 heterocycles. The van der Waals surface area contributed by atoms with E-state index in [0.717, 1.165) is 13.1 Å². The number of hydrogen-bond acceptors (Lipinski definition) is 1. The van der Waals surface area contributed by atoms with Gasteiger partial charge < -0.3 is 9.88 Å². The third kappa shape index (κ3) is 3.97. The fraction of sp³-hybridized carbons (Fsp3) is 0.444. The molecule has 1 N–H and O–H groups in total. The Balaban J connectivity index is 0.000000741. The minimum Gasteiger partial charge on any atom is -0.350 e. The van der Waals surface area contributed by atoms with Crippen molar-refractivity contribution in [2.75, 3.05) is 6.54 Å². The summed E-state index contributed by atoms with van der Waals surface area (Å²) in [6.07, 6.45) is 3.38. The van der Waals surface area contributed by atoms with Gasteiger partial charge in [-0.25, -0.2) is 0 Å². The lowest BCUT2D eigenvalue weighted by molar-refractivity contribution is 0.609. The summed E-state index contributed by atoms with van der Waals surface area (Å²) in [5.74, 6) is 0. The number of aryl methyl sites for hydroxylation is 1. The summed E-state index contributed by atoms with van der Waals surface area (Å²) in [5.41, 5.74) is 2.73. The van der Waals surface area contributed by atoms with Gasteiger partial charge >= 0.3 is 0 Å². The first-order chi connectivity index (χ1) is 9.95. The Hall–Kier alpha value is -1.54. The van der Waals surface area contributed by atoms with Crippen LogP contribution in [0.5, 0.6) is 0 Å². The molecule has 0 fully saturated rings. The molecule has 0 bridgehead atoms. The van der Waals surface area contributed by atoms with Gasteiger partial charge in [0, 0.05) is 19.9 Å². The Morgan fingerprint density at radius 3 is 2.40 bits per heavy atom. The molecule has 1 unspecified atom stereocenters. The van der Waals surface area contributed by atoms with Gasteiger partial charge in [0.25, 0.3) is 0 Å². The van der Waals surface area contributed by atoms with E-state index in [1.807, 2.05) is 27.7 Å². The van der Waals surface area contributed by atoms with Gasteiger partial charge in [0.05, 0.1) is 6.04 Å². The van der Waals surface area contributed by atoms with Crippen LogP contribution in [0, 0.1) is 0 Å². The predicted octanol–water partition coefficient (Wildman–Crippen LogP) is 4.87. The van der Waals surface area contributed by atoms with Crippen molar-refractivity contribution < 1.29 is 1.43 Å². The number of aromatic nitrogens is 1. The fourth-order valence-corrected chi connectivity index (χ4v) is 2.43. The van der Waals surface area contributed by atoms with Gasteiger partial charge in [-0.1, -0.05) is 58.0 Å². The quantitative estimate of drug-likeness (QED) is 0.785. The van der Waals surface area contributed by atoms with E-state index >= 15 is 0 Å².